The fraction of sp³-hybridized carbons (Fsp3) is 0.333. The second-order valence-electron chi connectivity index (χ2n) is 10.2. The van der Waals surface area contributed by atoms with Crippen molar-refractivity contribution in [3.63, 3.8) is 0 Å². The van der Waals surface area contributed by atoms with Gasteiger partial charge in [0.05, 0.1) is 20.2 Å². The molecule has 11 nitrogen and oxygen atoms in total. The lowest BCUT2D eigenvalue weighted by Crippen LogP contribution is -2.59. The van der Waals surface area contributed by atoms with Crippen molar-refractivity contribution in [3.8, 4) is 11.5 Å². The van der Waals surface area contributed by atoms with Gasteiger partial charge in [-0.2, -0.15) is 0 Å². The van der Waals surface area contributed by atoms with Crippen LogP contribution in [0.3, 0.4) is 0 Å². The van der Waals surface area contributed by atoms with Crippen LogP contribution in [0.5, 0.6) is 11.5 Å². The summed E-state index contributed by atoms with van der Waals surface area (Å²) in [7, 11) is 1.16. The topological polar surface area (TPSA) is 159 Å². The van der Waals surface area contributed by atoms with Gasteiger partial charge in [0.1, 0.15) is 23.6 Å². The Kier molecular flexibility index (Phi) is 12.0. The van der Waals surface area contributed by atoms with E-state index >= 15 is 0 Å². The Morgan fingerprint density at radius 1 is 0.837 bits per heavy atom. The molecule has 5 N–H and O–H groups in total. The van der Waals surface area contributed by atoms with Gasteiger partial charge in [-0.15, -0.1) is 0 Å². The minimum absolute atomic E-state index is 0.0118. The fourth-order valence-electron chi connectivity index (χ4n) is 4.29. The lowest BCUT2D eigenvalue weighted by atomic mass is 9.75. The summed E-state index contributed by atoms with van der Waals surface area (Å²) >= 11 is 0. The van der Waals surface area contributed by atoms with Crippen molar-refractivity contribution in [3.05, 3.63) is 89.5 Å². The molecular formula is C30H36BFN4O7. The third kappa shape index (κ3) is 9.52. The third-order valence-corrected chi connectivity index (χ3v) is 6.74. The number of rotatable bonds is 14. The molecule has 3 rings (SSSR count). The molecule has 0 saturated carbocycles. The van der Waals surface area contributed by atoms with Gasteiger partial charge in [0.15, 0.2) is 11.5 Å². The number of carbonyl (C=O) groups is 3. The first kappa shape index (κ1) is 33.0. The predicted octanol–water partition coefficient (Wildman–Crippen LogP) is 1.46. The standard InChI is InChI=1S/C30H36BFN4O7/c1-18(2)26(29(38)35-25(31(40)41)17-20-9-13-22(43-4)14-10-20)36-28(37)24(16-19-7-11-21(42-3)12-8-19)34-30(39)27-23(32)6-5-15-33-27/h5-15,18,24-26,40-41H,16-17H2,1-4H3,(H,34,39)(H,35,38)(H,36,37)/t24-,25+,26-/m0/s1. The highest BCUT2D eigenvalue weighted by Crippen LogP contribution is 2.15. The number of carbonyl (C=O) groups excluding carboxylic acids is 3. The van der Waals surface area contributed by atoms with E-state index in [1.165, 1.54) is 26.5 Å². The third-order valence-electron chi connectivity index (χ3n) is 6.74. The zero-order valence-corrected chi connectivity index (χ0v) is 24.4. The number of hydrogen-bond acceptors (Lipinski definition) is 8. The van der Waals surface area contributed by atoms with Crippen LogP contribution in [-0.4, -0.2) is 72.1 Å². The number of hydrogen-bond donors (Lipinski definition) is 5. The van der Waals surface area contributed by atoms with Gasteiger partial charge in [0.25, 0.3) is 5.91 Å². The van der Waals surface area contributed by atoms with Gasteiger partial charge in [-0.1, -0.05) is 38.1 Å². The molecule has 13 heteroatoms. The molecule has 2 aromatic carbocycles. The van der Waals surface area contributed by atoms with E-state index < -0.39 is 60.3 Å². The molecule has 0 unspecified atom stereocenters. The van der Waals surface area contributed by atoms with Crippen molar-refractivity contribution >= 4 is 24.8 Å². The van der Waals surface area contributed by atoms with Crippen molar-refractivity contribution < 1.29 is 38.3 Å². The first-order chi connectivity index (χ1) is 20.5. The number of aromatic nitrogens is 1. The number of ether oxygens (including phenoxy) is 2. The van der Waals surface area contributed by atoms with E-state index in [1.54, 1.807) is 62.4 Å². The molecule has 3 aromatic rings. The predicted molar refractivity (Wildman–Crippen MR) is 158 cm³/mol. The second-order valence-corrected chi connectivity index (χ2v) is 10.2. The molecule has 1 aromatic heterocycles. The average molecular weight is 594 g/mol. The Morgan fingerprint density at radius 2 is 1.40 bits per heavy atom. The quantitative estimate of drug-likeness (QED) is 0.176. The van der Waals surface area contributed by atoms with Crippen LogP contribution in [0, 0.1) is 11.7 Å². The highest BCUT2D eigenvalue weighted by atomic mass is 19.1. The Balaban J connectivity index is 1.79. The maximum atomic E-state index is 14.3. The molecule has 0 bridgehead atoms. The van der Waals surface area contributed by atoms with Gasteiger partial charge in [0.2, 0.25) is 11.8 Å². The molecule has 1 heterocycles. The lowest BCUT2D eigenvalue weighted by molar-refractivity contribution is -0.131. The number of amides is 3. The molecule has 228 valence electrons. The van der Waals surface area contributed by atoms with Crippen molar-refractivity contribution in [2.75, 3.05) is 14.2 Å². The Morgan fingerprint density at radius 3 is 1.88 bits per heavy atom. The van der Waals surface area contributed by atoms with Crippen LogP contribution in [0.4, 0.5) is 4.39 Å². The number of nitrogens with one attached hydrogen (secondary N) is 3. The summed E-state index contributed by atoms with van der Waals surface area (Å²) < 4.78 is 24.6. The molecule has 0 aliphatic rings. The number of pyridine rings is 1. The van der Waals surface area contributed by atoms with Crippen molar-refractivity contribution in [2.45, 2.75) is 44.7 Å². The average Bonchev–Trinajstić information content (AvgIpc) is 2.99. The van der Waals surface area contributed by atoms with Crippen LogP contribution < -0.4 is 25.4 Å². The molecule has 43 heavy (non-hydrogen) atoms. The number of benzene rings is 2. The molecule has 0 radical (unpaired) electrons. The Labute approximate surface area is 250 Å². The highest BCUT2D eigenvalue weighted by Gasteiger charge is 2.33. The molecular weight excluding hydrogens is 558 g/mol. The number of halogens is 1. The first-order valence-corrected chi connectivity index (χ1v) is 13.7. The number of nitrogens with zero attached hydrogens (tertiary/aromatic N) is 1. The highest BCUT2D eigenvalue weighted by molar-refractivity contribution is 6.43. The van der Waals surface area contributed by atoms with Crippen LogP contribution in [0.1, 0.15) is 35.5 Å². The van der Waals surface area contributed by atoms with E-state index in [0.717, 1.165) is 6.07 Å². The van der Waals surface area contributed by atoms with Crippen LogP contribution in [0.2, 0.25) is 0 Å². The summed E-state index contributed by atoms with van der Waals surface area (Å²) in [4.78, 5) is 43.6. The fourth-order valence-corrected chi connectivity index (χ4v) is 4.29. The Hall–Kier alpha value is -4.49. The second kappa shape index (κ2) is 15.7. The molecule has 0 aliphatic carbocycles. The first-order valence-electron chi connectivity index (χ1n) is 13.7. The van der Waals surface area contributed by atoms with Crippen molar-refractivity contribution in [1.29, 1.82) is 0 Å². The van der Waals surface area contributed by atoms with Gasteiger partial charge < -0.3 is 35.5 Å². The molecule has 3 amide bonds. The number of methoxy groups -OCH3 is 2. The maximum Gasteiger partial charge on any atom is 0.475 e. The van der Waals surface area contributed by atoms with Crippen molar-refractivity contribution in [2.24, 2.45) is 5.92 Å². The van der Waals surface area contributed by atoms with E-state index in [2.05, 4.69) is 20.9 Å². The molecule has 3 atom stereocenters. The molecule has 0 aliphatic heterocycles. The van der Waals surface area contributed by atoms with E-state index in [1.807, 2.05) is 0 Å². The van der Waals surface area contributed by atoms with Crippen molar-refractivity contribution in [1.82, 2.24) is 20.9 Å². The summed E-state index contributed by atoms with van der Waals surface area (Å²) in [5, 5.41) is 27.8. The van der Waals surface area contributed by atoms with Gasteiger partial charge in [-0.25, -0.2) is 9.37 Å². The van der Waals surface area contributed by atoms with E-state index in [9.17, 15) is 28.8 Å². The van der Waals surface area contributed by atoms with Crippen LogP contribution in [0.15, 0.2) is 66.9 Å². The van der Waals surface area contributed by atoms with Gasteiger partial charge >= 0.3 is 7.12 Å². The van der Waals surface area contributed by atoms with Gasteiger partial charge in [0, 0.05) is 12.6 Å². The normalized spacial score (nSPS) is 12.9. The van der Waals surface area contributed by atoms with Crippen LogP contribution in [-0.2, 0) is 22.4 Å². The molecule has 0 fully saturated rings. The van der Waals surface area contributed by atoms with E-state index in [-0.39, 0.29) is 12.8 Å². The van der Waals surface area contributed by atoms with Crippen LogP contribution >= 0.6 is 0 Å². The maximum absolute atomic E-state index is 14.3. The minimum Gasteiger partial charge on any atom is -0.497 e. The largest absolute Gasteiger partial charge is 0.497 e. The van der Waals surface area contributed by atoms with E-state index in [4.69, 9.17) is 9.47 Å². The lowest BCUT2D eigenvalue weighted by Gasteiger charge is -2.27. The summed E-state index contributed by atoms with van der Waals surface area (Å²) in [6.07, 6.45) is 1.36. The SMILES string of the molecule is COc1ccc(C[C@H](NC(=O)c2ncccc2F)C(=O)N[C@H](C(=O)N[C@H](Cc2ccc(OC)cc2)B(O)O)C(C)C)cc1. The smallest absolute Gasteiger partial charge is 0.475 e. The molecule has 0 saturated heterocycles. The van der Waals surface area contributed by atoms with E-state index in [0.29, 0.717) is 22.6 Å². The summed E-state index contributed by atoms with van der Waals surface area (Å²) in [5.74, 6) is -3.40. The Bertz CT molecular complexity index is 1370. The summed E-state index contributed by atoms with van der Waals surface area (Å²) in [5.41, 5.74) is 0.899. The van der Waals surface area contributed by atoms with Crippen LogP contribution in [0.25, 0.3) is 0 Å². The zero-order chi connectivity index (χ0) is 31.5. The summed E-state index contributed by atoms with van der Waals surface area (Å²) in [6, 6.07) is 13.8. The summed E-state index contributed by atoms with van der Waals surface area (Å²) in [6.45, 7) is 3.41. The minimum atomic E-state index is -1.88. The monoisotopic (exact) mass is 594 g/mol. The zero-order valence-electron chi connectivity index (χ0n) is 24.4. The van der Waals surface area contributed by atoms with Gasteiger partial charge in [-0.3, -0.25) is 14.4 Å². The molecule has 0 spiro atoms. The van der Waals surface area contributed by atoms with Gasteiger partial charge in [-0.05, 0) is 59.9 Å².